The number of nitrogens with zero attached hydrogens (tertiary/aromatic N) is 2. The molecular formula is C27H30N4O3S. The van der Waals surface area contributed by atoms with Crippen molar-refractivity contribution in [2.24, 2.45) is 5.73 Å². The summed E-state index contributed by atoms with van der Waals surface area (Å²) in [6.07, 6.45) is 8.65. The van der Waals surface area contributed by atoms with E-state index in [4.69, 9.17) is 10.5 Å². The predicted octanol–water partition coefficient (Wildman–Crippen LogP) is 4.17. The molecule has 2 aromatic heterocycles. The summed E-state index contributed by atoms with van der Waals surface area (Å²) in [5, 5.41) is 3.75. The summed E-state index contributed by atoms with van der Waals surface area (Å²) >= 11 is 1.51. The number of pyridine rings is 1. The van der Waals surface area contributed by atoms with E-state index in [2.05, 4.69) is 10.3 Å². The summed E-state index contributed by atoms with van der Waals surface area (Å²) in [5.41, 5.74) is 10.1. The van der Waals surface area contributed by atoms with Crippen molar-refractivity contribution < 1.29 is 14.3 Å². The van der Waals surface area contributed by atoms with Gasteiger partial charge in [-0.3, -0.25) is 14.6 Å². The second kappa shape index (κ2) is 11.8. The van der Waals surface area contributed by atoms with Crippen LogP contribution in [0.3, 0.4) is 0 Å². The van der Waals surface area contributed by atoms with E-state index in [0.717, 1.165) is 44.3 Å². The van der Waals surface area contributed by atoms with E-state index in [1.54, 1.807) is 18.5 Å². The lowest BCUT2D eigenvalue weighted by molar-refractivity contribution is -0.132. The number of hydrogen-bond acceptors (Lipinski definition) is 6. The molecule has 0 saturated carbocycles. The molecule has 0 spiro atoms. The summed E-state index contributed by atoms with van der Waals surface area (Å²) in [7, 11) is 0. The smallest absolute Gasteiger partial charge is 0.248 e. The maximum Gasteiger partial charge on any atom is 0.248 e. The van der Waals surface area contributed by atoms with Crippen molar-refractivity contribution in [2.45, 2.75) is 39.3 Å². The van der Waals surface area contributed by atoms with E-state index in [9.17, 15) is 9.59 Å². The van der Waals surface area contributed by atoms with Crippen LogP contribution in [0.5, 0.6) is 5.75 Å². The van der Waals surface area contributed by atoms with Gasteiger partial charge in [-0.2, -0.15) is 0 Å². The zero-order chi connectivity index (χ0) is 24.6. The van der Waals surface area contributed by atoms with Gasteiger partial charge in [0.05, 0.1) is 13.2 Å². The number of hydrogen-bond donors (Lipinski definition) is 2. The number of aryl methyl sites for hydroxylation is 1. The standard InChI is InChI=1S/C27H30N4O3S/c1-2-34-23-8-4-3-7-20(23)10-11-25(32)30-27-22(16-28)21-13-15-31(18-24(21)35-27)26(33)12-9-19-6-5-14-29-17-19/h3-8,10-11,14,17H,2,9,12-13,15-16,18,28H2,1H3,(H,30,32)/b11-10+. The van der Waals surface area contributed by atoms with Crippen molar-refractivity contribution >= 4 is 34.2 Å². The molecule has 182 valence electrons. The van der Waals surface area contributed by atoms with Crippen LogP contribution in [-0.2, 0) is 35.5 Å². The molecule has 0 fully saturated rings. The normalized spacial score (nSPS) is 13.0. The Morgan fingerprint density at radius 2 is 2.11 bits per heavy atom. The molecule has 0 saturated heterocycles. The summed E-state index contributed by atoms with van der Waals surface area (Å²) in [4.78, 5) is 32.6. The number of anilines is 1. The van der Waals surface area contributed by atoms with Crippen molar-refractivity contribution in [1.29, 1.82) is 0 Å². The SMILES string of the molecule is CCOc1ccccc1/C=C/C(=O)Nc1sc2c(c1CN)CCN(C(=O)CCc1cccnc1)C2. The highest BCUT2D eigenvalue weighted by Gasteiger charge is 2.26. The minimum Gasteiger partial charge on any atom is -0.493 e. The lowest BCUT2D eigenvalue weighted by atomic mass is 10.0. The van der Waals surface area contributed by atoms with Gasteiger partial charge < -0.3 is 20.7 Å². The van der Waals surface area contributed by atoms with Crippen LogP contribution in [0.2, 0.25) is 0 Å². The molecule has 2 amide bonds. The van der Waals surface area contributed by atoms with E-state index in [-0.39, 0.29) is 11.8 Å². The Labute approximate surface area is 209 Å². The van der Waals surface area contributed by atoms with E-state index >= 15 is 0 Å². The average Bonchev–Trinajstić information content (AvgIpc) is 3.23. The van der Waals surface area contributed by atoms with Gasteiger partial charge in [0.1, 0.15) is 10.8 Å². The molecule has 35 heavy (non-hydrogen) atoms. The Morgan fingerprint density at radius 1 is 1.26 bits per heavy atom. The number of nitrogens with one attached hydrogen (secondary N) is 1. The van der Waals surface area contributed by atoms with Gasteiger partial charge in [-0.15, -0.1) is 11.3 Å². The first-order valence-corrected chi connectivity index (χ1v) is 12.6. The molecule has 0 bridgehead atoms. The first-order chi connectivity index (χ1) is 17.1. The number of ether oxygens (including phenoxy) is 1. The highest BCUT2D eigenvalue weighted by atomic mass is 32.1. The minimum atomic E-state index is -0.228. The first-order valence-electron chi connectivity index (χ1n) is 11.8. The molecule has 7 nitrogen and oxygen atoms in total. The number of fused-ring (bicyclic) bond motifs is 1. The summed E-state index contributed by atoms with van der Waals surface area (Å²) in [6, 6.07) is 11.5. The molecule has 1 aromatic carbocycles. The molecule has 4 rings (SSSR count). The Kier molecular flexibility index (Phi) is 8.28. The van der Waals surface area contributed by atoms with Gasteiger partial charge in [0.2, 0.25) is 11.8 Å². The van der Waals surface area contributed by atoms with Crippen molar-refractivity contribution in [1.82, 2.24) is 9.88 Å². The van der Waals surface area contributed by atoms with Crippen LogP contribution in [0.25, 0.3) is 6.08 Å². The highest BCUT2D eigenvalue weighted by molar-refractivity contribution is 7.16. The fourth-order valence-electron chi connectivity index (χ4n) is 4.18. The van der Waals surface area contributed by atoms with Crippen molar-refractivity contribution in [2.75, 3.05) is 18.5 Å². The Hall–Kier alpha value is -3.49. The third-order valence-corrected chi connectivity index (χ3v) is 7.12. The number of carbonyl (C=O) groups is 2. The van der Waals surface area contributed by atoms with Crippen LogP contribution in [0.4, 0.5) is 5.00 Å². The molecule has 1 aliphatic rings. The summed E-state index contributed by atoms with van der Waals surface area (Å²) in [6.45, 7) is 4.03. The molecule has 1 aliphatic heterocycles. The van der Waals surface area contributed by atoms with Gasteiger partial charge in [0, 0.05) is 54.0 Å². The Morgan fingerprint density at radius 3 is 2.89 bits per heavy atom. The van der Waals surface area contributed by atoms with Gasteiger partial charge in [0.15, 0.2) is 0 Å². The van der Waals surface area contributed by atoms with Crippen molar-refractivity contribution in [3.63, 3.8) is 0 Å². The monoisotopic (exact) mass is 490 g/mol. The zero-order valence-electron chi connectivity index (χ0n) is 19.8. The van der Waals surface area contributed by atoms with E-state index in [1.165, 1.54) is 17.4 Å². The third-order valence-electron chi connectivity index (χ3n) is 5.94. The molecule has 3 heterocycles. The van der Waals surface area contributed by atoms with E-state index in [1.807, 2.05) is 48.2 Å². The third kappa shape index (κ3) is 6.15. The molecule has 0 unspecified atom stereocenters. The number of benzene rings is 1. The summed E-state index contributed by atoms with van der Waals surface area (Å²) < 4.78 is 5.62. The lowest BCUT2D eigenvalue weighted by Gasteiger charge is -2.27. The quantitative estimate of drug-likeness (QED) is 0.439. The molecule has 0 radical (unpaired) electrons. The lowest BCUT2D eigenvalue weighted by Crippen LogP contribution is -2.35. The number of aromatic nitrogens is 1. The van der Waals surface area contributed by atoms with E-state index < -0.39 is 0 Å². The van der Waals surface area contributed by atoms with Crippen molar-refractivity contribution in [3.8, 4) is 5.75 Å². The number of carbonyl (C=O) groups excluding carboxylic acids is 2. The second-order valence-electron chi connectivity index (χ2n) is 8.24. The average molecular weight is 491 g/mol. The van der Waals surface area contributed by atoms with Gasteiger partial charge in [-0.1, -0.05) is 24.3 Å². The first kappa shape index (κ1) is 24.6. The largest absolute Gasteiger partial charge is 0.493 e. The van der Waals surface area contributed by atoms with Crippen LogP contribution in [0.15, 0.2) is 54.9 Å². The second-order valence-corrected chi connectivity index (χ2v) is 9.34. The number of thiophene rings is 1. The number of amides is 2. The maximum absolute atomic E-state index is 12.8. The van der Waals surface area contributed by atoms with Gasteiger partial charge in [-0.25, -0.2) is 0 Å². The summed E-state index contributed by atoms with van der Waals surface area (Å²) in [5.74, 6) is 0.638. The number of nitrogens with two attached hydrogens (primary N) is 1. The number of rotatable bonds is 9. The molecule has 0 atom stereocenters. The van der Waals surface area contributed by atoms with Crippen LogP contribution in [0.1, 0.15) is 40.5 Å². The fraction of sp³-hybridized carbons (Fsp3) is 0.296. The van der Waals surface area contributed by atoms with Gasteiger partial charge >= 0.3 is 0 Å². The van der Waals surface area contributed by atoms with Crippen molar-refractivity contribution in [3.05, 3.63) is 82.0 Å². The molecule has 0 aliphatic carbocycles. The Bertz CT molecular complexity index is 1210. The van der Waals surface area contributed by atoms with E-state index in [0.29, 0.717) is 39.1 Å². The highest BCUT2D eigenvalue weighted by Crippen LogP contribution is 2.37. The molecular weight excluding hydrogens is 460 g/mol. The fourth-order valence-corrected chi connectivity index (χ4v) is 5.47. The van der Waals surface area contributed by atoms with Gasteiger partial charge in [-0.05, 0) is 49.1 Å². The Balaban J connectivity index is 1.41. The van der Waals surface area contributed by atoms with Crippen LogP contribution < -0.4 is 15.8 Å². The van der Waals surface area contributed by atoms with Gasteiger partial charge in [0.25, 0.3) is 0 Å². The van der Waals surface area contributed by atoms with Crippen LogP contribution in [-0.4, -0.2) is 34.8 Å². The zero-order valence-corrected chi connectivity index (χ0v) is 20.6. The molecule has 3 N–H and O–H groups in total. The molecule has 3 aromatic rings. The number of para-hydroxylation sites is 1. The maximum atomic E-state index is 12.8. The topological polar surface area (TPSA) is 97.5 Å². The van der Waals surface area contributed by atoms with Crippen LogP contribution >= 0.6 is 11.3 Å². The predicted molar refractivity (Wildman–Crippen MR) is 139 cm³/mol. The minimum absolute atomic E-state index is 0.128. The molecule has 8 heteroatoms. The van der Waals surface area contributed by atoms with Crippen LogP contribution in [0, 0.1) is 0 Å².